The molecule has 0 radical (unpaired) electrons. The highest BCUT2D eigenvalue weighted by atomic mass is 79.9. The van der Waals surface area contributed by atoms with Gasteiger partial charge in [-0.1, -0.05) is 12.1 Å². The van der Waals surface area contributed by atoms with E-state index in [1.54, 1.807) is 12.1 Å². The van der Waals surface area contributed by atoms with Crippen LogP contribution in [0.5, 0.6) is 0 Å². The minimum Gasteiger partial charge on any atom is -0.399 e. The third-order valence-electron chi connectivity index (χ3n) is 2.94. The molecule has 0 aliphatic heterocycles. The Morgan fingerprint density at radius 3 is 2.57 bits per heavy atom. The van der Waals surface area contributed by atoms with Crippen molar-refractivity contribution >= 4 is 33.0 Å². The molecule has 0 unspecified atom stereocenters. The van der Waals surface area contributed by atoms with Crippen molar-refractivity contribution in [2.75, 3.05) is 17.6 Å². The topological polar surface area (TPSA) is 81.2 Å². The maximum atomic E-state index is 13.5. The van der Waals surface area contributed by atoms with Crippen LogP contribution in [-0.4, -0.2) is 11.5 Å². The fraction of sp³-hybridized carbons (Fsp3) is 0.143. The number of rotatable bonds is 5. The first-order valence-corrected chi connectivity index (χ1v) is 6.98. The molecule has 0 fully saturated rings. The molecule has 0 saturated carbocycles. The molecule has 0 atom stereocenters. The predicted molar refractivity (Wildman–Crippen MR) is 83.8 cm³/mol. The summed E-state index contributed by atoms with van der Waals surface area (Å²) in [6, 6.07) is 9.61. The molecule has 0 aromatic heterocycles. The number of nitrogens with zero attached hydrogens (tertiary/aromatic N) is 1. The number of nitrogens with two attached hydrogens (primary N) is 1. The van der Waals surface area contributed by atoms with Gasteiger partial charge in [-0.3, -0.25) is 10.1 Å². The fourth-order valence-corrected chi connectivity index (χ4v) is 2.19. The maximum absolute atomic E-state index is 13.5. The monoisotopic (exact) mass is 353 g/mol. The number of hydrogen-bond donors (Lipinski definition) is 2. The number of nitrogens with one attached hydrogen (secondary N) is 1. The van der Waals surface area contributed by atoms with Crippen molar-refractivity contribution in [3.8, 4) is 0 Å². The summed E-state index contributed by atoms with van der Waals surface area (Å²) in [5.41, 5.74) is 7.31. The second-order valence-electron chi connectivity index (χ2n) is 4.46. The summed E-state index contributed by atoms with van der Waals surface area (Å²) >= 11 is 2.94. The van der Waals surface area contributed by atoms with Gasteiger partial charge >= 0.3 is 0 Å². The second-order valence-corrected chi connectivity index (χ2v) is 5.31. The zero-order valence-electron chi connectivity index (χ0n) is 11.0. The number of halogens is 2. The van der Waals surface area contributed by atoms with Gasteiger partial charge in [0.15, 0.2) is 0 Å². The van der Waals surface area contributed by atoms with Crippen LogP contribution in [0, 0.1) is 15.9 Å². The lowest BCUT2D eigenvalue weighted by molar-refractivity contribution is -0.384. The van der Waals surface area contributed by atoms with Gasteiger partial charge in [-0.05, 0) is 40.0 Å². The van der Waals surface area contributed by atoms with Crippen molar-refractivity contribution in [2.45, 2.75) is 6.42 Å². The molecule has 2 rings (SSSR count). The zero-order valence-corrected chi connectivity index (χ0v) is 12.6. The average molecular weight is 354 g/mol. The quantitative estimate of drug-likeness (QED) is 0.487. The fourth-order valence-electron chi connectivity index (χ4n) is 1.85. The second kappa shape index (κ2) is 6.53. The van der Waals surface area contributed by atoms with Gasteiger partial charge < -0.3 is 11.1 Å². The van der Waals surface area contributed by atoms with Gasteiger partial charge in [0.05, 0.1) is 9.40 Å². The number of hydrogen-bond acceptors (Lipinski definition) is 4. The molecule has 0 saturated heterocycles. The molecule has 5 nitrogen and oxygen atoms in total. The first-order valence-electron chi connectivity index (χ1n) is 6.19. The molecule has 0 aliphatic carbocycles. The Balaban J connectivity index is 2.07. The molecular formula is C14H13BrFN3O2. The van der Waals surface area contributed by atoms with Crippen LogP contribution in [0.3, 0.4) is 0 Å². The summed E-state index contributed by atoms with van der Waals surface area (Å²) in [5, 5.41) is 13.9. The number of anilines is 2. The van der Waals surface area contributed by atoms with Crippen LogP contribution in [0.25, 0.3) is 0 Å². The van der Waals surface area contributed by atoms with E-state index in [2.05, 4.69) is 21.2 Å². The summed E-state index contributed by atoms with van der Waals surface area (Å²) in [6.45, 7) is 0.450. The Kier molecular flexibility index (Phi) is 4.74. The summed E-state index contributed by atoms with van der Waals surface area (Å²) in [6.07, 6.45) is 0.648. The highest BCUT2D eigenvalue weighted by Crippen LogP contribution is 2.30. The molecule has 3 N–H and O–H groups in total. The molecule has 0 aliphatic rings. The first kappa shape index (κ1) is 15.2. The lowest BCUT2D eigenvalue weighted by Crippen LogP contribution is -2.07. The molecule has 2 aromatic carbocycles. The third-order valence-corrected chi connectivity index (χ3v) is 3.55. The predicted octanol–water partition coefficient (Wildman–Crippen LogP) is 3.73. The highest BCUT2D eigenvalue weighted by Gasteiger charge is 2.17. The lowest BCUT2D eigenvalue weighted by atomic mass is 10.1. The Morgan fingerprint density at radius 1 is 1.29 bits per heavy atom. The van der Waals surface area contributed by atoms with E-state index < -0.39 is 10.7 Å². The largest absolute Gasteiger partial charge is 0.399 e. The van der Waals surface area contributed by atoms with Crippen LogP contribution in [0.15, 0.2) is 40.9 Å². The number of nitro benzene ring substituents is 1. The van der Waals surface area contributed by atoms with Crippen LogP contribution >= 0.6 is 15.9 Å². The molecule has 0 spiro atoms. The van der Waals surface area contributed by atoms with Crippen molar-refractivity contribution in [3.63, 3.8) is 0 Å². The number of benzene rings is 2. The van der Waals surface area contributed by atoms with E-state index in [4.69, 9.17) is 5.73 Å². The van der Waals surface area contributed by atoms with Crippen LogP contribution in [0.2, 0.25) is 0 Å². The van der Waals surface area contributed by atoms with Gasteiger partial charge in [-0.15, -0.1) is 0 Å². The summed E-state index contributed by atoms with van der Waals surface area (Å²) < 4.78 is 13.6. The summed E-state index contributed by atoms with van der Waals surface area (Å²) in [5.74, 6) is -0.546. The van der Waals surface area contributed by atoms with Crippen molar-refractivity contribution in [3.05, 3.63) is 62.4 Å². The van der Waals surface area contributed by atoms with Gasteiger partial charge in [0, 0.05) is 24.4 Å². The van der Waals surface area contributed by atoms with Gasteiger partial charge in [0.25, 0.3) is 5.69 Å². The third kappa shape index (κ3) is 3.91. The van der Waals surface area contributed by atoms with Crippen LogP contribution in [0.1, 0.15) is 5.56 Å². The molecule has 0 bridgehead atoms. The van der Waals surface area contributed by atoms with Crippen LogP contribution in [0.4, 0.5) is 21.5 Å². The molecular weight excluding hydrogens is 341 g/mol. The van der Waals surface area contributed by atoms with E-state index in [0.29, 0.717) is 18.7 Å². The van der Waals surface area contributed by atoms with E-state index in [-0.39, 0.29) is 15.8 Å². The molecule has 2 aromatic rings. The Hall–Kier alpha value is -2.15. The van der Waals surface area contributed by atoms with Crippen molar-refractivity contribution in [1.29, 1.82) is 0 Å². The normalized spacial score (nSPS) is 10.4. The van der Waals surface area contributed by atoms with Crippen LogP contribution in [-0.2, 0) is 6.42 Å². The van der Waals surface area contributed by atoms with Crippen molar-refractivity contribution < 1.29 is 9.31 Å². The lowest BCUT2D eigenvalue weighted by Gasteiger charge is -2.08. The molecule has 7 heteroatoms. The summed E-state index contributed by atoms with van der Waals surface area (Å²) in [7, 11) is 0. The average Bonchev–Trinajstić information content (AvgIpc) is 2.44. The van der Waals surface area contributed by atoms with E-state index >= 15 is 0 Å². The van der Waals surface area contributed by atoms with Gasteiger partial charge in [0.2, 0.25) is 0 Å². The minimum absolute atomic E-state index is 0.0679. The van der Waals surface area contributed by atoms with Gasteiger partial charge in [-0.25, -0.2) is 4.39 Å². The van der Waals surface area contributed by atoms with Gasteiger partial charge in [-0.2, -0.15) is 0 Å². The first-order chi connectivity index (χ1) is 9.97. The number of nitro groups is 1. The van der Waals surface area contributed by atoms with Crippen LogP contribution < -0.4 is 11.1 Å². The van der Waals surface area contributed by atoms with E-state index in [1.807, 2.05) is 12.1 Å². The van der Waals surface area contributed by atoms with E-state index in [9.17, 15) is 14.5 Å². The molecule has 21 heavy (non-hydrogen) atoms. The summed E-state index contributed by atoms with van der Waals surface area (Å²) in [4.78, 5) is 10.4. The van der Waals surface area contributed by atoms with Crippen molar-refractivity contribution in [2.24, 2.45) is 0 Å². The Labute approximate surface area is 129 Å². The Bertz CT molecular complexity index is 662. The zero-order chi connectivity index (χ0) is 15.4. The van der Waals surface area contributed by atoms with Gasteiger partial charge in [0.1, 0.15) is 11.5 Å². The smallest absolute Gasteiger partial charge is 0.293 e. The molecule has 0 amide bonds. The maximum Gasteiger partial charge on any atom is 0.293 e. The standard InChI is InChI=1S/C14H13BrFN3O2/c15-11-7-14(19(20)21)13(8-12(11)16)18-6-5-9-1-3-10(17)4-2-9/h1-4,7-8,18H,5-6,17H2. The van der Waals surface area contributed by atoms with Crippen molar-refractivity contribution in [1.82, 2.24) is 0 Å². The van der Waals surface area contributed by atoms with E-state index in [0.717, 1.165) is 17.7 Å². The number of nitrogen functional groups attached to an aromatic ring is 1. The molecule has 110 valence electrons. The Morgan fingerprint density at radius 2 is 1.95 bits per heavy atom. The van der Waals surface area contributed by atoms with E-state index in [1.165, 1.54) is 0 Å². The minimum atomic E-state index is -0.546. The highest BCUT2D eigenvalue weighted by molar-refractivity contribution is 9.10. The molecule has 0 heterocycles. The SMILES string of the molecule is Nc1ccc(CCNc2cc(F)c(Br)cc2[N+](=O)[O-])cc1.